The van der Waals surface area contributed by atoms with Gasteiger partial charge in [-0.3, -0.25) is 0 Å². The highest BCUT2D eigenvalue weighted by atomic mass is 19.4. The topological polar surface area (TPSA) is 60.1 Å². The lowest BCUT2D eigenvalue weighted by atomic mass is 10.1. The maximum atomic E-state index is 13.9. The zero-order valence-electron chi connectivity index (χ0n) is 21.6. The third-order valence-corrected chi connectivity index (χ3v) is 6.87. The molecule has 2 aromatic heterocycles. The molecule has 0 saturated carbocycles. The Kier molecular flexibility index (Phi) is 7.62. The van der Waals surface area contributed by atoms with Gasteiger partial charge in [0.1, 0.15) is 5.82 Å². The smallest absolute Gasteiger partial charge is 0.384 e. The van der Waals surface area contributed by atoms with Gasteiger partial charge in [-0.15, -0.1) is 0 Å². The van der Waals surface area contributed by atoms with Gasteiger partial charge in [0.15, 0.2) is 0 Å². The molecule has 1 aliphatic rings. The molecule has 6 nitrogen and oxygen atoms in total. The molecule has 0 bridgehead atoms. The summed E-state index contributed by atoms with van der Waals surface area (Å²) in [4.78, 5) is 14.4. The number of halogens is 9. The Morgan fingerprint density at radius 2 is 1.45 bits per heavy atom. The Bertz CT molecular complexity index is 1550. The third kappa shape index (κ3) is 6.34. The molecule has 1 fully saturated rings. The Morgan fingerprint density at radius 3 is 2.12 bits per heavy atom. The molecule has 0 amide bonds. The van der Waals surface area contributed by atoms with Crippen molar-refractivity contribution in [3.63, 3.8) is 0 Å². The van der Waals surface area contributed by atoms with E-state index in [9.17, 15) is 39.5 Å². The van der Waals surface area contributed by atoms with E-state index in [1.807, 2.05) is 0 Å². The van der Waals surface area contributed by atoms with E-state index in [2.05, 4.69) is 20.3 Å². The molecule has 2 N–H and O–H groups in total. The van der Waals surface area contributed by atoms with E-state index >= 15 is 0 Å². The Labute approximate surface area is 233 Å². The van der Waals surface area contributed by atoms with Crippen LogP contribution in [0.25, 0.3) is 11.0 Å². The van der Waals surface area contributed by atoms with E-state index in [-0.39, 0.29) is 67.6 Å². The number of benzene rings is 2. The van der Waals surface area contributed by atoms with E-state index in [0.717, 1.165) is 24.3 Å². The van der Waals surface area contributed by atoms with Gasteiger partial charge in [0.25, 0.3) is 0 Å². The van der Waals surface area contributed by atoms with Gasteiger partial charge in [0.2, 0.25) is 5.95 Å². The van der Waals surface area contributed by atoms with Crippen molar-refractivity contribution in [2.75, 3.05) is 47.8 Å². The highest BCUT2D eigenvalue weighted by Gasteiger charge is 2.37. The molecule has 3 heterocycles. The summed E-state index contributed by atoms with van der Waals surface area (Å²) in [6.07, 6.45) is -12.5. The summed E-state index contributed by atoms with van der Waals surface area (Å²) in [5.74, 6) is 0.0703. The number of H-pyrrole nitrogens is 1. The summed E-state index contributed by atoms with van der Waals surface area (Å²) < 4.78 is 121. The number of aromatic nitrogens is 3. The van der Waals surface area contributed by atoms with Crippen LogP contribution in [-0.4, -0.2) is 47.7 Å². The molecule has 0 unspecified atom stereocenters. The van der Waals surface area contributed by atoms with Gasteiger partial charge in [-0.1, -0.05) is 18.2 Å². The number of piperazine rings is 1. The zero-order valence-corrected chi connectivity index (χ0v) is 21.6. The minimum Gasteiger partial charge on any atom is -0.384 e. The lowest BCUT2D eigenvalue weighted by molar-refractivity contribution is -0.138. The summed E-state index contributed by atoms with van der Waals surface area (Å²) in [5, 5.41) is 2.67. The van der Waals surface area contributed by atoms with E-state index < -0.39 is 35.2 Å². The van der Waals surface area contributed by atoms with Crippen LogP contribution in [0.4, 0.5) is 57.0 Å². The number of nitrogens with zero attached hydrogens (tertiary/aromatic N) is 4. The number of aromatic amines is 1. The molecular formula is C27H23F9N6. The number of pyridine rings is 1. The van der Waals surface area contributed by atoms with Crippen LogP contribution in [0, 0.1) is 0 Å². The number of fused-ring (bicyclic) bond motifs is 1. The maximum Gasteiger partial charge on any atom is 0.419 e. The van der Waals surface area contributed by atoms with Crippen molar-refractivity contribution < 1.29 is 39.5 Å². The fourth-order valence-electron chi connectivity index (χ4n) is 4.82. The summed E-state index contributed by atoms with van der Waals surface area (Å²) in [5.41, 5.74) is -2.33. The Hall–Kier alpha value is -4.17. The molecule has 42 heavy (non-hydrogen) atoms. The standard InChI is InChI=1S/C27H23F9N6/c28-25(29,30)17-4-1-3-16(13-17)6-8-37-20-15-22-21(14-19(20)27(34,35)36)39-24(40-22)42-11-9-41(10-12-42)23-18(26(31,32)33)5-2-7-38-23/h1-5,7,13-15,37H,6,8-12H2,(H,39,40). The largest absolute Gasteiger partial charge is 0.419 e. The van der Waals surface area contributed by atoms with Gasteiger partial charge in [0, 0.05) is 44.6 Å². The van der Waals surface area contributed by atoms with Crippen LogP contribution in [0.5, 0.6) is 0 Å². The number of alkyl halides is 9. The molecular weight excluding hydrogens is 579 g/mol. The van der Waals surface area contributed by atoms with Crippen molar-refractivity contribution >= 4 is 28.5 Å². The number of nitrogens with one attached hydrogen (secondary N) is 2. The normalized spacial score (nSPS) is 15.0. The zero-order chi connectivity index (χ0) is 30.3. The van der Waals surface area contributed by atoms with Crippen LogP contribution in [0.2, 0.25) is 0 Å². The molecule has 0 atom stereocenters. The lowest BCUT2D eigenvalue weighted by Crippen LogP contribution is -2.47. The molecule has 1 saturated heterocycles. The van der Waals surface area contributed by atoms with E-state index in [4.69, 9.17) is 0 Å². The molecule has 2 aromatic carbocycles. The SMILES string of the molecule is FC(F)(F)c1cccc(CCNc2cc3nc(N4CCN(c5ncccc5C(F)(F)F)CC4)[nH]c3cc2C(F)(F)F)c1. The first-order valence-corrected chi connectivity index (χ1v) is 12.7. The number of anilines is 3. The minimum atomic E-state index is -4.73. The molecule has 5 rings (SSSR count). The van der Waals surface area contributed by atoms with Crippen LogP contribution in [0.3, 0.4) is 0 Å². The monoisotopic (exact) mass is 602 g/mol. The lowest BCUT2D eigenvalue weighted by Gasteiger charge is -2.36. The van der Waals surface area contributed by atoms with Crippen LogP contribution >= 0.6 is 0 Å². The van der Waals surface area contributed by atoms with E-state index in [0.29, 0.717) is 5.56 Å². The van der Waals surface area contributed by atoms with Gasteiger partial charge < -0.3 is 20.1 Å². The molecule has 1 aliphatic heterocycles. The second kappa shape index (κ2) is 10.9. The molecule has 0 radical (unpaired) electrons. The highest BCUT2D eigenvalue weighted by Crippen LogP contribution is 2.38. The average molecular weight is 603 g/mol. The van der Waals surface area contributed by atoms with Crippen LogP contribution in [0.15, 0.2) is 54.7 Å². The van der Waals surface area contributed by atoms with Crippen molar-refractivity contribution in [2.24, 2.45) is 0 Å². The quantitative estimate of drug-likeness (QED) is 0.233. The summed E-state index contributed by atoms with van der Waals surface area (Å²) in [6.45, 7) is 0.757. The summed E-state index contributed by atoms with van der Waals surface area (Å²) >= 11 is 0. The third-order valence-electron chi connectivity index (χ3n) is 6.87. The first kappa shape index (κ1) is 29.3. The molecule has 224 valence electrons. The fourth-order valence-corrected chi connectivity index (χ4v) is 4.82. The van der Waals surface area contributed by atoms with Crippen molar-refractivity contribution in [2.45, 2.75) is 24.9 Å². The summed E-state index contributed by atoms with van der Waals surface area (Å²) in [6, 6.07) is 8.84. The minimum absolute atomic E-state index is 0.0433. The van der Waals surface area contributed by atoms with Crippen LogP contribution < -0.4 is 15.1 Å². The Balaban J connectivity index is 1.31. The first-order valence-electron chi connectivity index (χ1n) is 12.7. The molecule has 0 spiro atoms. The number of hydrogen-bond donors (Lipinski definition) is 2. The van der Waals surface area contributed by atoms with Gasteiger partial charge in [0.05, 0.1) is 27.7 Å². The predicted octanol–water partition coefficient (Wildman–Crippen LogP) is 7.00. The first-order chi connectivity index (χ1) is 19.7. The van der Waals surface area contributed by atoms with Crippen molar-refractivity contribution in [3.8, 4) is 0 Å². The Morgan fingerprint density at radius 1 is 0.762 bits per heavy atom. The van der Waals surface area contributed by atoms with Crippen LogP contribution in [0.1, 0.15) is 22.3 Å². The maximum absolute atomic E-state index is 13.9. The number of rotatable bonds is 6. The van der Waals surface area contributed by atoms with Gasteiger partial charge in [-0.25, -0.2) is 9.97 Å². The summed E-state index contributed by atoms with van der Waals surface area (Å²) in [7, 11) is 0. The van der Waals surface area contributed by atoms with Gasteiger partial charge in [-0.05, 0) is 42.3 Å². The van der Waals surface area contributed by atoms with Crippen LogP contribution in [-0.2, 0) is 24.9 Å². The number of hydrogen-bond acceptors (Lipinski definition) is 5. The van der Waals surface area contributed by atoms with Crippen molar-refractivity contribution in [1.82, 2.24) is 15.0 Å². The van der Waals surface area contributed by atoms with Crippen molar-refractivity contribution in [3.05, 3.63) is 77.0 Å². The predicted molar refractivity (Wildman–Crippen MR) is 138 cm³/mol. The molecule has 0 aliphatic carbocycles. The molecule has 4 aromatic rings. The highest BCUT2D eigenvalue weighted by molar-refractivity contribution is 5.83. The van der Waals surface area contributed by atoms with Crippen molar-refractivity contribution in [1.29, 1.82) is 0 Å². The second-order valence-corrected chi connectivity index (χ2v) is 9.69. The second-order valence-electron chi connectivity index (χ2n) is 9.69. The number of imidazole rings is 1. The van der Waals surface area contributed by atoms with Gasteiger partial charge in [-0.2, -0.15) is 39.5 Å². The molecule has 15 heteroatoms. The van der Waals surface area contributed by atoms with E-state index in [1.54, 1.807) is 4.90 Å². The fraction of sp³-hybridized carbons (Fsp3) is 0.333. The van der Waals surface area contributed by atoms with E-state index in [1.165, 1.54) is 35.4 Å². The van der Waals surface area contributed by atoms with Gasteiger partial charge >= 0.3 is 18.5 Å². The average Bonchev–Trinajstić information content (AvgIpc) is 3.35.